The molecule has 1 heteroatoms. The van der Waals surface area contributed by atoms with Gasteiger partial charge in [-0.25, -0.2) is 0 Å². The molecule has 1 aromatic rings. The molecule has 74 valence electrons. The van der Waals surface area contributed by atoms with Gasteiger partial charge >= 0.3 is 0 Å². The van der Waals surface area contributed by atoms with Crippen molar-refractivity contribution in [1.82, 2.24) is 0 Å². The van der Waals surface area contributed by atoms with Crippen molar-refractivity contribution < 1.29 is 4.39 Å². The van der Waals surface area contributed by atoms with Gasteiger partial charge in [-0.15, -0.1) is 0 Å². The Kier molecular flexibility index (Phi) is 4.78. The SMILES string of the molecule is Cc1ccc(C#CCCCCF)cc1. The number of alkyl halides is 1. The molecule has 0 aliphatic heterocycles. The monoisotopic (exact) mass is 190 g/mol. The van der Waals surface area contributed by atoms with Gasteiger partial charge in [0.05, 0.1) is 6.67 Å². The van der Waals surface area contributed by atoms with Gasteiger partial charge in [-0.3, -0.25) is 4.39 Å². The molecule has 0 bridgehead atoms. The summed E-state index contributed by atoms with van der Waals surface area (Å²) in [4.78, 5) is 0. The molecule has 0 heterocycles. The minimum atomic E-state index is -0.230. The second kappa shape index (κ2) is 6.21. The molecule has 1 rings (SSSR count). The highest BCUT2D eigenvalue weighted by atomic mass is 19.1. The van der Waals surface area contributed by atoms with E-state index in [1.165, 1.54) is 5.56 Å². The van der Waals surface area contributed by atoms with Gasteiger partial charge in [0, 0.05) is 12.0 Å². The second-order valence-electron chi connectivity index (χ2n) is 3.31. The van der Waals surface area contributed by atoms with Gasteiger partial charge in [-0.2, -0.15) is 0 Å². The van der Waals surface area contributed by atoms with E-state index in [4.69, 9.17) is 0 Å². The summed E-state index contributed by atoms with van der Waals surface area (Å²) in [6.45, 7) is 1.82. The number of hydrogen-bond donors (Lipinski definition) is 0. The highest BCUT2D eigenvalue weighted by Gasteiger charge is 1.86. The zero-order valence-electron chi connectivity index (χ0n) is 8.52. The highest BCUT2D eigenvalue weighted by Crippen LogP contribution is 2.01. The largest absolute Gasteiger partial charge is 0.251 e. The molecule has 0 nitrogen and oxygen atoms in total. The molecular formula is C13H15F. The summed E-state index contributed by atoms with van der Waals surface area (Å²) < 4.78 is 11.7. The molecule has 0 N–H and O–H groups in total. The van der Waals surface area contributed by atoms with E-state index in [-0.39, 0.29) is 6.67 Å². The van der Waals surface area contributed by atoms with Gasteiger partial charge in [-0.05, 0) is 31.9 Å². The Labute approximate surface area is 85.2 Å². The number of unbranched alkanes of at least 4 members (excludes halogenated alkanes) is 2. The maximum absolute atomic E-state index is 11.7. The third-order valence-electron chi connectivity index (χ3n) is 1.97. The quantitative estimate of drug-likeness (QED) is 0.505. The summed E-state index contributed by atoms with van der Waals surface area (Å²) in [6.07, 6.45) is 2.27. The van der Waals surface area contributed by atoms with Crippen molar-refractivity contribution in [3.8, 4) is 11.8 Å². The molecular weight excluding hydrogens is 175 g/mol. The average molecular weight is 190 g/mol. The van der Waals surface area contributed by atoms with Crippen molar-refractivity contribution in [3.05, 3.63) is 35.4 Å². The van der Waals surface area contributed by atoms with Crippen LogP contribution in [0.5, 0.6) is 0 Å². The summed E-state index contributed by atoms with van der Waals surface area (Å²) in [6, 6.07) is 8.12. The number of hydrogen-bond acceptors (Lipinski definition) is 0. The smallest absolute Gasteiger partial charge is 0.0894 e. The van der Waals surface area contributed by atoms with Crippen molar-refractivity contribution >= 4 is 0 Å². The third-order valence-corrected chi connectivity index (χ3v) is 1.97. The lowest BCUT2D eigenvalue weighted by Crippen LogP contribution is -1.77. The number of halogens is 1. The molecule has 0 radical (unpaired) electrons. The van der Waals surface area contributed by atoms with Crippen LogP contribution in [0, 0.1) is 18.8 Å². The van der Waals surface area contributed by atoms with Crippen molar-refractivity contribution in [1.29, 1.82) is 0 Å². The van der Waals surface area contributed by atoms with E-state index in [0.717, 1.165) is 18.4 Å². The Hall–Kier alpha value is -1.29. The Balaban J connectivity index is 2.39. The predicted octanol–water partition coefficient (Wildman–Crippen LogP) is 3.49. The van der Waals surface area contributed by atoms with Gasteiger partial charge in [0.15, 0.2) is 0 Å². The Morgan fingerprint density at radius 2 is 1.86 bits per heavy atom. The maximum Gasteiger partial charge on any atom is 0.0894 e. The van der Waals surface area contributed by atoms with Gasteiger partial charge in [0.2, 0.25) is 0 Å². The first-order valence-corrected chi connectivity index (χ1v) is 4.94. The first-order chi connectivity index (χ1) is 6.83. The predicted molar refractivity (Wildman–Crippen MR) is 57.9 cm³/mol. The fourth-order valence-electron chi connectivity index (χ4n) is 1.11. The Morgan fingerprint density at radius 3 is 2.50 bits per heavy atom. The molecule has 0 saturated heterocycles. The molecule has 0 unspecified atom stereocenters. The van der Waals surface area contributed by atoms with Crippen LogP contribution in [0.1, 0.15) is 30.4 Å². The van der Waals surface area contributed by atoms with E-state index < -0.39 is 0 Å². The molecule has 0 atom stereocenters. The molecule has 0 spiro atoms. The zero-order chi connectivity index (χ0) is 10.2. The van der Waals surface area contributed by atoms with Crippen LogP contribution in [-0.2, 0) is 0 Å². The lowest BCUT2D eigenvalue weighted by molar-refractivity contribution is 0.464. The topological polar surface area (TPSA) is 0 Å². The lowest BCUT2D eigenvalue weighted by atomic mass is 10.1. The van der Waals surface area contributed by atoms with Crippen LogP contribution >= 0.6 is 0 Å². The molecule has 14 heavy (non-hydrogen) atoms. The van der Waals surface area contributed by atoms with Crippen LogP contribution in [0.25, 0.3) is 0 Å². The van der Waals surface area contributed by atoms with Crippen molar-refractivity contribution in [2.24, 2.45) is 0 Å². The first kappa shape index (κ1) is 10.8. The zero-order valence-corrected chi connectivity index (χ0v) is 8.52. The van der Waals surface area contributed by atoms with Crippen LogP contribution < -0.4 is 0 Å². The molecule has 0 saturated carbocycles. The standard InChI is InChI=1S/C13H15F/c1-12-7-9-13(10-8-12)6-4-2-3-5-11-14/h7-10H,2-3,5,11H2,1H3. The van der Waals surface area contributed by atoms with Crippen LogP contribution in [-0.4, -0.2) is 6.67 Å². The minimum Gasteiger partial charge on any atom is -0.251 e. The van der Waals surface area contributed by atoms with E-state index in [1.54, 1.807) is 0 Å². The first-order valence-electron chi connectivity index (χ1n) is 4.94. The van der Waals surface area contributed by atoms with Gasteiger partial charge in [0.1, 0.15) is 0 Å². The van der Waals surface area contributed by atoms with Gasteiger partial charge in [0.25, 0.3) is 0 Å². The third kappa shape index (κ3) is 4.09. The Morgan fingerprint density at radius 1 is 1.14 bits per heavy atom. The summed E-state index contributed by atoms with van der Waals surface area (Å²) in [5.74, 6) is 6.10. The number of benzene rings is 1. The highest BCUT2D eigenvalue weighted by molar-refractivity contribution is 5.35. The molecule has 0 fully saturated rings. The minimum absolute atomic E-state index is 0.230. The average Bonchev–Trinajstić information content (AvgIpc) is 2.21. The molecule has 0 aromatic heterocycles. The van der Waals surface area contributed by atoms with Crippen LogP contribution in [0.4, 0.5) is 4.39 Å². The van der Waals surface area contributed by atoms with Gasteiger partial charge < -0.3 is 0 Å². The molecule has 0 aliphatic rings. The summed E-state index contributed by atoms with van der Waals surface area (Å²) in [5, 5.41) is 0. The van der Waals surface area contributed by atoms with Crippen molar-refractivity contribution in [2.45, 2.75) is 26.2 Å². The second-order valence-corrected chi connectivity index (χ2v) is 3.31. The Bertz CT molecular complexity index is 313. The van der Waals surface area contributed by atoms with Crippen LogP contribution in [0.15, 0.2) is 24.3 Å². The summed E-state index contributed by atoms with van der Waals surface area (Å²) in [5.41, 5.74) is 2.28. The van der Waals surface area contributed by atoms with Crippen LogP contribution in [0.3, 0.4) is 0 Å². The summed E-state index contributed by atoms with van der Waals surface area (Å²) >= 11 is 0. The van der Waals surface area contributed by atoms with E-state index in [1.807, 2.05) is 24.3 Å². The fraction of sp³-hybridized carbons (Fsp3) is 0.385. The summed E-state index contributed by atoms with van der Waals surface area (Å²) in [7, 11) is 0. The molecule has 1 aromatic carbocycles. The molecule has 0 aliphatic carbocycles. The number of rotatable bonds is 3. The van der Waals surface area contributed by atoms with Gasteiger partial charge in [-0.1, -0.05) is 29.5 Å². The van der Waals surface area contributed by atoms with E-state index in [9.17, 15) is 4.39 Å². The fourth-order valence-corrected chi connectivity index (χ4v) is 1.11. The number of aryl methyl sites for hydroxylation is 1. The normalized spacial score (nSPS) is 9.29. The van der Waals surface area contributed by atoms with Crippen molar-refractivity contribution in [3.63, 3.8) is 0 Å². The van der Waals surface area contributed by atoms with E-state index >= 15 is 0 Å². The lowest BCUT2D eigenvalue weighted by Gasteiger charge is -1.91. The maximum atomic E-state index is 11.7. The molecule has 0 amide bonds. The van der Waals surface area contributed by atoms with E-state index in [2.05, 4.69) is 18.8 Å². The van der Waals surface area contributed by atoms with Crippen LogP contribution in [0.2, 0.25) is 0 Å². The van der Waals surface area contributed by atoms with E-state index in [0.29, 0.717) is 6.42 Å². The van der Waals surface area contributed by atoms with Crippen molar-refractivity contribution in [2.75, 3.05) is 6.67 Å².